The van der Waals surface area contributed by atoms with E-state index in [1.165, 1.54) is 4.88 Å². The highest BCUT2D eigenvalue weighted by Crippen LogP contribution is 2.41. The quantitative estimate of drug-likeness (QED) is 0.860. The molecule has 3 rings (SSSR count). The normalized spacial score (nSPS) is 20.5. The number of amides is 1. The van der Waals surface area contributed by atoms with Crippen molar-refractivity contribution in [2.75, 3.05) is 26.7 Å². The summed E-state index contributed by atoms with van der Waals surface area (Å²) in [5, 5.41) is 9.26. The smallest absolute Gasteiger partial charge is 0.475 e. The minimum atomic E-state index is -5.08. The van der Waals surface area contributed by atoms with Crippen LogP contribution in [0.5, 0.6) is 0 Å². The first-order valence-corrected chi connectivity index (χ1v) is 8.82. The molecule has 0 aliphatic carbocycles. The first-order valence-electron chi connectivity index (χ1n) is 7.94. The van der Waals surface area contributed by atoms with Gasteiger partial charge in [0, 0.05) is 25.0 Å². The first kappa shape index (κ1) is 19.7. The number of nitrogens with zero attached hydrogens (tertiary/aromatic N) is 2. The Morgan fingerprint density at radius 1 is 1.28 bits per heavy atom. The van der Waals surface area contributed by atoms with Crippen molar-refractivity contribution in [3.05, 3.63) is 22.4 Å². The molecule has 1 N–H and O–H groups in total. The van der Waals surface area contributed by atoms with Crippen molar-refractivity contribution in [2.45, 2.75) is 32.0 Å². The summed E-state index contributed by atoms with van der Waals surface area (Å²) < 4.78 is 31.7. The van der Waals surface area contributed by atoms with Crippen LogP contribution in [0, 0.1) is 5.41 Å². The third kappa shape index (κ3) is 4.94. The largest absolute Gasteiger partial charge is 0.490 e. The summed E-state index contributed by atoms with van der Waals surface area (Å²) in [6.45, 7) is 4.14. The summed E-state index contributed by atoms with van der Waals surface area (Å²) in [6, 6.07) is 4.31. The number of hydrogen-bond acceptors (Lipinski definition) is 4. The maximum absolute atomic E-state index is 12.2. The van der Waals surface area contributed by atoms with Crippen molar-refractivity contribution in [3.63, 3.8) is 0 Å². The predicted molar refractivity (Wildman–Crippen MR) is 87.2 cm³/mol. The summed E-state index contributed by atoms with van der Waals surface area (Å²) in [5.41, 5.74) is -0.0132. The third-order valence-corrected chi connectivity index (χ3v) is 5.60. The van der Waals surface area contributed by atoms with Crippen molar-refractivity contribution in [1.29, 1.82) is 0 Å². The number of alkyl halides is 3. The number of aliphatic carboxylic acids is 1. The van der Waals surface area contributed by atoms with E-state index in [0.29, 0.717) is 5.91 Å². The second kappa shape index (κ2) is 7.74. The number of carboxylic acids is 1. The zero-order chi connectivity index (χ0) is 18.7. The summed E-state index contributed by atoms with van der Waals surface area (Å²) in [7, 11) is 1.94. The zero-order valence-corrected chi connectivity index (χ0v) is 14.7. The average Bonchev–Trinajstić information content (AvgIpc) is 3.14. The van der Waals surface area contributed by atoms with Crippen molar-refractivity contribution >= 4 is 23.2 Å². The van der Waals surface area contributed by atoms with Gasteiger partial charge in [0.2, 0.25) is 5.91 Å². The standard InChI is InChI=1S/C14H20N2OS.C2HF3O2/c1-15-7-4-14(13(15)17)5-8-16(9-6-14)11-12-3-2-10-18-12;3-2(4,5)1(6)7/h2-3,10H,4-9,11H2,1H3;(H,6,7). The van der Waals surface area contributed by atoms with Gasteiger partial charge in [0.15, 0.2) is 0 Å². The monoisotopic (exact) mass is 378 g/mol. The highest BCUT2D eigenvalue weighted by molar-refractivity contribution is 7.09. The molecule has 2 aliphatic rings. The summed E-state index contributed by atoms with van der Waals surface area (Å²) in [6.07, 6.45) is -1.93. The molecule has 0 radical (unpaired) electrons. The lowest BCUT2D eigenvalue weighted by Gasteiger charge is -2.37. The van der Waals surface area contributed by atoms with Gasteiger partial charge in [-0.25, -0.2) is 4.79 Å². The Kier molecular flexibility index (Phi) is 6.10. The molecule has 0 unspecified atom stereocenters. The van der Waals surface area contributed by atoms with E-state index in [-0.39, 0.29) is 5.41 Å². The third-order valence-electron chi connectivity index (χ3n) is 4.74. The maximum atomic E-state index is 12.2. The molecule has 2 aliphatic heterocycles. The van der Waals surface area contributed by atoms with Gasteiger partial charge in [0.1, 0.15) is 0 Å². The molecule has 0 saturated carbocycles. The Morgan fingerprint density at radius 2 is 1.84 bits per heavy atom. The summed E-state index contributed by atoms with van der Waals surface area (Å²) >= 11 is 1.82. The fourth-order valence-electron chi connectivity index (χ4n) is 3.22. The second-order valence-corrected chi connectivity index (χ2v) is 7.45. The molecule has 9 heteroatoms. The molecule has 1 amide bonds. The van der Waals surface area contributed by atoms with E-state index in [9.17, 15) is 18.0 Å². The molecule has 1 aromatic rings. The van der Waals surface area contributed by atoms with Gasteiger partial charge >= 0.3 is 12.1 Å². The minimum Gasteiger partial charge on any atom is -0.475 e. The van der Waals surface area contributed by atoms with Gasteiger partial charge in [0.25, 0.3) is 0 Å². The number of hydrogen-bond donors (Lipinski definition) is 1. The Morgan fingerprint density at radius 3 is 2.24 bits per heavy atom. The lowest BCUT2D eigenvalue weighted by molar-refractivity contribution is -0.192. The van der Waals surface area contributed by atoms with Crippen LogP contribution in [0.25, 0.3) is 0 Å². The van der Waals surface area contributed by atoms with Crippen molar-refractivity contribution in [2.24, 2.45) is 5.41 Å². The van der Waals surface area contributed by atoms with Gasteiger partial charge in [-0.2, -0.15) is 13.2 Å². The van der Waals surface area contributed by atoms with Crippen LogP contribution >= 0.6 is 11.3 Å². The van der Waals surface area contributed by atoms with Crippen LogP contribution in [-0.2, 0) is 16.1 Å². The summed E-state index contributed by atoms with van der Waals surface area (Å²) in [5.74, 6) is -2.37. The number of carbonyl (C=O) groups is 2. The van der Waals surface area contributed by atoms with Gasteiger partial charge in [-0.1, -0.05) is 6.07 Å². The van der Waals surface area contributed by atoms with Crippen LogP contribution in [0.15, 0.2) is 17.5 Å². The van der Waals surface area contributed by atoms with Gasteiger partial charge < -0.3 is 10.0 Å². The molecule has 2 saturated heterocycles. The van der Waals surface area contributed by atoms with Crippen molar-refractivity contribution < 1.29 is 27.9 Å². The lowest BCUT2D eigenvalue weighted by Crippen LogP contribution is -2.43. The fraction of sp³-hybridized carbons (Fsp3) is 0.625. The molecule has 0 bridgehead atoms. The Labute approximate surface area is 148 Å². The molecule has 0 atom stereocenters. The molecule has 0 aromatic carbocycles. The number of halogens is 3. The molecule has 1 spiro atoms. The molecule has 5 nitrogen and oxygen atoms in total. The van der Waals surface area contributed by atoms with Crippen LogP contribution in [0.2, 0.25) is 0 Å². The van der Waals surface area contributed by atoms with Crippen molar-refractivity contribution in [1.82, 2.24) is 9.80 Å². The van der Waals surface area contributed by atoms with E-state index in [1.54, 1.807) is 0 Å². The molecule has 140 valence electrons. The SMILES string of the molecule is CN1CCC2(CCN(Cc3cccs3)CC2)C1=O.O=C(O)C(F)(F)F. The van der Waals surface area contributed by atoms with E-state index in [1.807, 2.05) is 23.3 Å². The number of carbonyl (C=O) groups excluding carboxylic acids is 1. The molecular formula is C16H21F3N2O3S. The predicted octanol–water partition coefficient (Wildman–Crippen LogP) is 2.83. The van der Waals surface area contributed by atoms with Crippen LogP contribution in [0.3, 0.4) is 0 Å². The molecular weight excluding hydrogens is 357 g/mol. The highest BCUT2D eigenvalue weighted by atomic mass is 32.1. The molecule has 25 heavy (non-hydrogen) atoms. The molecule has 3 heterocycles. The van der Waals surface area contributed by atoms with Crippen LogP contribution in [0.4, 0.5) is 13.2 Å². The Balaban J connectivity index is 0.000000277. The Hall–Kier alpha value is -1.61. The maximum Gasteiger partial charge on any atom is 0.490 e. The van der Waals surface area contributed by atoms with E-state index in [2.05, 4.69) is 22.4 Å². The van der Waals surface area contributed by atoms with Crippen molar-refractivity contribution in [3.8, 4) is 0 Å². The average molecular weight is 378 g/mol. The highest BCUT2D eigenvalue weighted by Gasteiger charge is 2.46. The zero-order valence-electron chi connectivity index (χ0n) is 13.9. The lowest BCUT2D eigenvalue weighted by atomic mass is 9.77. The van der Waals surface area contributed by atoms with E-state index >= 15 is 0 Å². The van der Waals surface area contributed by atoms with Gasteiger partial charge in [-0.05, 0) is 43.8 Å². The van der Waals surface area contributed by atoms with E-state index < -0.39 is 12.1 Å². The van der Waals surface area contributed by atoms with Gasteiger partial charge in [-0.15, -0.1) is 11.3 Å². The van der Waals surface area contributed by atoms with Crippen LogP contribution < -0.4 is 0 Å². The Bertz CT molecular complexity index is 596. The first-order chi connectivity index (χ1) is 11.6. The van der Waals surface area contributed by atoms with E-state index in [0.717, 1.165) is 45.4 Å². The second-order valence-electron chi connectivity index (χ2n) is 6.42. The van der Waals surface area contributed by atoms with Gasteiger partial charge in [0.05, 0.1) is 5.41 Å². The molecule has 1 aromatic heterocycles. The topological polar surface area (TPSA) is 60.9 Å². The van der Waals surface area contributed by atoms with Crippen LogP contribution in [0.1, 0.15) is 24.1 Å². The molecule has 2 fully saturated rings. The summed E-state index contributed by atoms with van der Waals surface area (Å²) in [4.78, 5) is 26.9. The van der Waals surface area contributed by atoms with Gasteiger partial charge in [-0.3, -0.25) is 9.69 Å². The fourth-order valence-corrected chi connectivity index (χ4v) is 3.97. The van der Waals surface area contributed by atoms with E-state index in [4.69, 9.17) is 9.90 Å². The number of thiophene rings is 1. The minimum absolute atomic E-state index is 0.0132. The number of carboxylic acid groups (broad SMARTS) is 1. The number of piperidine rings is 1. The number of likely N-dealkylation sites (tertiary alicyclic amines) is 2. The number of rotatable bonds is 2. The van der Waals surface area contributed by atoms with Crippen LogP contribution in [-0.4, -0.2) is 59.6 Å².